The van der Waals surface area contributed by atoms with E-state index in [1.165, 1.54) is 24.0 Å². The molecule has 1 aliphatic carbocycles. The zero-order valence-corrected chi connectivity index (χ0v) is 19.3. The van der Waals surface area contributed by atoms with Crippen molar-refractivity contribution in [1.29, 1.82) is 0 Å². The molecule has 0 amide bonds. The first kappa shape index (κ1) is 24.6. The predicted molar refractivity (Wildman–Crippen MR) is 126 cm³/mol. The van der Waals surface area contributed by atoms with Crippen LogP contribution in [0.25, 0.3) is 11.2 Å². The Morgan fingerprint density at radius 3 is 2.46 bits per heavy atom. The summed E-state index contributed by atoms with van der Waals surface area (Å²) >= 11 is 0. The number of piperazine rings is 1. The maximum absolute atomic E-state index is 10.6. The number of hydrogen-bond acceptors (Lipinski definition) is 7. The van der Waals surface area contributed by atoms with Crippen molar-refractivity contribution in [2.75, 3.05) is 36.4 Å². The van der Waals surface area contributed by atoms with E-state index in [0.717, 1.165) is 49.9 Å². The van der Waals surface area contributed by atoms with Crippen LogP contribution in [0.3, 0.4) is 0 Å². The zero-order valence-electron chi connectivity index (χ0n) is 19.3. The molecule has 8 nitrogen and oxygen atoms in total. The average Bonchev–Trinajstić information content (AvgIpc) is 3.63. The topological polar surface area (TPSA) is 94.5 Å². The third-order valence-corrected chi connectivity index (χ3v) is 5.74. The maximum Gasteiger partial charge on any atom is 0.490 e. The fourth-order valence-corrected chi connectivity index (χ4v) is 3.81. The van der Waals surface area contributed by atoms with Gasteiger partial charge in [0.05, 0.1) is 0 Å². The molecule has 11 heteroatoms. The standard InChI is InChI=1S/C22H26N6.C2HF3O2/c1-16-4-2-5-17(14-16)15-27-10-12-28(13-11-27)22-21(24-18-7-8-18)26-20-19(25-22)6-3-9-23-20;3-2(4,5)1(6)7/h2-6,9,14,18H,7-8,10-13,15H2,1H3,(H,23,24,26);(H,6,7). The third-order valence-electron chi connectivity index (χ3n) is 5.74. The van der Waals surface area contributed by atoms with Crippen LogP contribution in [-0.2, 0) is 11.3 Å². The minimum Gasteiger partial charge on any atom is -0.475 e. The summed E-state index contributed by atoms with van der Waals surface area (Å²) in [5.74, 6) is -0.893. The number of halogens is 3. The number of carboxylic acids is 1. The molecule has 0 bridgehead atoms. The van der Waals surface area contributed by atoms with E-state index in [2.05, 4.69) is 51.3 Å². The minimum absolute atomic E-state index is 0.539. The fraction of sp³-hybridized carbons (Fsp3) is 0.417. The van der Waals surface area contributed by atoms with Crippen LogP contribution in [0.2, 0.25) is 0 Å². The molecule has 2 N–H and O–H groups in total. The molecule has 35 heavy (non-hydrogen) atoms. The van der Waals surface area contributed by atoms with Crippen LogP contribution < -0.4 is 10.2 Å². The smallest absolute Gasteiger partial charge is 0.475 e. The van der Waals surface area contributed by atoms with Gasteiger partial charge in [0, 0.05) is 45.0 Å². The van der Waals surface area contributed by atoms with Gasteiger partial charge in [0.1, 0.15) is 5.52 Å². The van der Waals surface area contributed by atoms with Crippen LogP contribution in [0.1, 0.15) is 24.0 Å². The Kier molecular flexibility index (Phi) is 7.34. The number of rotatable bonds is 5. The normalized spacial score (nSPS) is 16.5. The maximum atomic E-state index is 10.6. The quantitative estimate of drug-likeness (QED) is 0.559. The zero-order chi connectivity index (χ0) is 25.0. The fourth-order valence-electron chi connectivity index (χ4n) is 3.81. The van der Waals surface area contributed by atoms with Crippen LogP contribution in [0.5, 0.6) is 0 Å². The van der Waals surface area contributed by atoms with E-state index in [1.807, 2.05) is 12.1 Å². The number of benzene rings is 1. The lowest BCUT2D eigenvalue weighted by atomic mass is 10.1. The SMILES string of the molecule is Cc1cccc(CN2CCN(c3nc4cccnc4nc3NC3CC3)CC2)c1.O=C(O)C(F)(F)F. The van der Waals surface area contributed by atoms with Crippen molar-refractivity contribution in [3.63, 3.8) is 0 Å². The number of hydrogen-bond donors (Lipinski definition) is 2. The summed E-state index contributed by atoms with van der Waals surface area (Å²) in [6, 6.07) is 13.3. The van der Waals surface area contributed by atoms with E-state index < -0.39 is 12.1 Å². The van der Waals surface area contributed by atoms with Gasteiger partial charge < -0.3 is 15.3 Å². The Balaban J connectivity index is 0.000000364. The van der Waals surface area contributed by atoms with Crippen LogP contribution in [-0.4, -0.2) is 69.3 Å². The van der Waals surface area contributed by atoms with Gasteiger partial charge in [-0.2, -0.15) is 13.2 Å². The second kappa shape index (κ2) is 10.4. The van der Waals surface area contributed by atoms with Crippen molar-refractivity contribution in [3.05, 3.63) is 53.7 Å². The van der Waals surface area contributed by atoms with Crippen LogP contribution >= 0.6 is 0 Å². The van der Waals surface area contributed by atoms with E-state index in [4.69, 9.17) is 19.9 Å². The lowest BCUT2D eigenvalue weighted by Crippen LogP contribution is -2.46. The lowest BCUT2D eigenvalue weighted by Gasteiger charge is -2.36. The molecule has 1 aliphatic heterocycles. The molecule has 1 saturated heterocycles. The number of anilines is 2. The Hall–Kier alpha value is -3.47. The number of pyridine rings is 1. The highest BCUT2D eigenvalue weighted by atomic mass is 19.4. The third kappa shape index (κ3) is 6.78. The number of nitrogens with one attached hydrogen (secondary N) is 1. The van der Waals surface area contributed by atoms with Crippen LogP contribution in [0, 0.1) is 6.92 Å². The number of aryl methyl sites for hydroxylation is 1. The van der Waals surface area contributed by atoms with E-state index >= 15 is 0 Å². The largest absolute Gasteiger partial charge is 0.490 e. The number of aliphatic carboxylic acids is 1. The second-order valence-electron chi connectivity index (χ2n) is 8.72. The number of nitrogens with zero attached hydrogens (tertiary/aromatic N) is 5. The molecular weight excluding hydrogens is 461 g/mol. The van der Waals surface area contributed by atoms with Crippen molar-refractivity contribution >= 4 is 28.8 Å². The molecule has 0 radical (unpaired) electrons. The lowest BCUT2D eigenvalue weighted by molar-refractivity contribution is -0.192. The summed E-state index contributed by atoms with van der Waals surface area (Å²) in [6.45, 7) is 7.16. The molecule has 2 aliphatic rings. The molecule has 0 unspecified atom stereocenters. The first-order chi connectivity index (χ1) is 16.7. The molecule has 2 fully saturated rings. The van der Waals surface area contributed by atoms with Crippen LogP contribution in [0.4, 0.5) is 24.8 Å². The highest BCUT2D eigenvalue weighted by Gasteiger charge is 2.38. The molecule has 0 spiro atoms. The molecule has 3 heterocycles. The molecule has 5 rings (SSSR count). The molecular formula is C24H27F3N6O2. The van der Waals surface area contributed by atoms with E-state index in [9.17, 15) is 13.2 Å². The number of alkyl halides is 3. The first-order valence-electron chi connectivity index (χ1n) is 11.4. The Bertz CT molecular complexity index is 1180. The summed E-state index contributed by atoms with van der Waals surface area (Å²) < 4.78 is 31.7. The summed E-state index contributed by atoms with van der Waals surface area (Å²) in [4.78, 5) is 27.9. The summed E-state index contributed by atoms with van der Waals surface area (Å²) in [6.07, 6.45) is -0.876. The number of fused-ring (bicyclic) bond motifs is 1. The van der Waals surface area contributed by atoms with Gasteiger partial charge >= 0.3 is 12.1 Å². The number of carboxylic acid groups (broad SMARTS) is 1. The van der Waals surface area contributed by atoms with Gasteiger partial charge in [-0.25, -0.2) is 19.7 Å². The van der Waals surface area contributed by atoms with Crippen LogP contribution in [0.15, 0.2) is 42.6 Å². The molecule has 1 saturated carbocycles. The summed E-state index contributed by atoms with van der Waals surface area (Å²) in [5, 5.41) is 10.7. The van der Waals surface area contributed by atoms with Gasteiger partial charge in [0.25, 0.3) is 0 Å². The molecule has 186 valence electrons. The van der Waals surface area contributed by atoms with Crippen molar-refractivity contribution in [2.24, 2.45) is 0 Å². The van der Waals surface area contributed by atoms with Crippen molar-refractivity contribution in [3.8, 4) is 0 Å². The van der Waals surface area contributed by atoms with Crippen molar-refractivity contribution in [2.45, 2.75) is 38.5 Å². The predicted octanol–water partition coefficient (Wildman–Crippen LogP) is 3.86. The summed E-state index contributed by atoms with van der Waals surface area (Å²) in [7, 11) is 0. The number of carbonyl (C=O) groups is 1. The first-order valence-corrected chi connectivity index (χ1v) is 11.4. The van der Waals surface area contributed by atoms with Gasteiger partial charge in [-0.05, 0) is 37.5 Å². The van der Waals surface area contributed by atoms with Gasteiger partial charge in [0.15, 0.2) is 17.3 Å². The van der Waals surface area contributed by atoms with Gasteiger partial charge in [-0.1, -0.05) is 29.8 Å². The van der Waals surface area contributed by atoms with Gasteiger partial charge in [-0.3, -0.25) is 4.90 Å². The van der Waals surface area contributed by atoms with Crippen molar-refractivity contribution in [1.82, 2.24) is 19.9 Å². The molecule has 3 aromatic rings. The minimum atomic E-state index is -5.08. The Morgan fingerprint density at radius 2 is 1.83 bits per heavy atom. The second-order valence-corrected chi connectivity index (χ2v) is 8.72. The molecule has 1 aromatic carbocycles. The van der Waals surface area contributed by atoms with Gasteiger partial charge in [-0.15, -0.1) is 0 Å². The Labute approximate surface area is 200 Å². The van der Waals surface area contributed by atoms with Gasteiger partial charge in [0.2, 0.25) is 0 Å². The molecule has 0 atom stereocenters. The van der Waals surface area contributed by atoms with E-state index in [0.29, 0.717) is 11.7 Å². The Morgan fingerprint density at radius 1 is 1.11 bits per heavy atom. The highest BCUT2D eigenvalue weighted by molar-refractivity contribution is 5.77. The van der Waals surface area contributed by atoms with E-state index in [-0.39, 0.29) is 0 Å². The number of aromatic nitrogens is 3. The van der Waals surface area contributed by atoms with E-state index in [1.54, 1.807) is 6.20 Å². The average molecular weight is 489 g/mol. The highest BCUT2D eigenvalue weighted by Crippen LogP contribution is 2.31. The molecule has 2 aromatic heterocycles. The van der Waals surface area contributed by atoms with Crippen molar-refractivity contribution < 1.29 is 23.1 Å². The monoisotopic (exact) mass is 488 g/mol. The summed E-state index contributed by atoms with van der Waals surface area (Å²) in [5.41, 5.74) is 4.29.